The van der Waals surface area contributed by atoms with Crippen molar-refractivity contribution in [1.29, 1.82) is 0 Å². The van der Waals surface area contributed by atoms with Crippen LogP contribution in [0.2, 0.25) is 0 Å². The molecule has 0 aromatic heterocycles. The molecule has 0 saturated heterocycles. The van der Waals surface area contributed by atoms with Crippen LogP contribution in [0, 0.1) is 0 Å². The fourth-order valence-electron chi connectivity index (χ4n) is 1.52. The van der Waals surface area contributed by atoms with Gasteiger partial charge in [-0.3, -0.25) is 0 Å². The molecule has 1 rings (SSSR count). The average molecular weight is 237 g/mol. The molecule has 0 bridgehead atoms. The molecule has 0 amide bonds. The maximum Gasteiger partial charge on any atom is 0.174 e. The molecule has 3 heteroatoms. The van der Waals surface area contributed by atoms with Gasteiger partial charge in [0.1, 0.15) is 0 Å². The van der Waals surface area contributed by atoms with Gasteiger partial charge in [0.25, 0.3) is 0 Å². The Balaban J connectivity index is 2.55. The summed E-state index contributed by atoms with van der Waals surface area (Å²) < 4.78 is 5.15. The quantitative estimate of drug-likeness (QED) is 0.813. The molecule has 96 valence electrons. The minimum atomic E-state index is -0.780. The first kappa shape index (κ1) is 14.2. The number of hydrogen-bond donors (Lipinski definition) is 1. The number of aliphatic hydroxyl groups excluding tert-OH is 1. The summed E-state index contributed by atoms with van der Waals surface area (Å²) in [5, 5.41) is 9.40. The van der Waals surface area contributed by atoms with Crippen LogP contribution in [-0.4, -0.2) is 43.0 Å². The topological polar surface area (TPSA) is 32.7 Å². The van der Waals surface area contributed by atoms with Crippen LogP contribution in [0.25, 0.3) is 0 Å². The first-order valence-corrected chi connectivity index (χ1v) is 6.24. The Bertz CT molecular complexity index is 295. The standard InChI is InChI=1S/C14H23NO2/c1-3-15(2)11-10-13-7-4-5-12-17-14(16)9-6-8-13/h4,6-9,14,16H,3,5,10-12H2,1-2H3/b7-4+,9-6+,13-8+. The van der Waals surface area contributed by atoms with Gasteiger partial charge < -0.3 is 14.7 Å². The molecule has 1 N–H and O–H groups in total. The number of hydrogen-bond acceptors (Lipinski definition) is 3. The maximum atomic E-state index is 9.40. The van der Waals surface area contributed by atoms with Crippen molar-refractivity contribution in [3.05, 3.63) is 36.0 Å². The number of nitrogens with zero attached hydrogens (tertiary/aromatic N) is 1. The van der Waals surface area contributed by atoms with Gasteiger partial charge in [-0.25, -0.2) is 0 Å². The van der Waals surface area contributed by atoms with Crippen molar-refractivity contribution in [2.45, 2.75) is 26.1 Å². The predicted molar refractivity (Wildman–Crippen MR) is 70.7 cm³/mol. The molecule has 1 aliphatic heterocycles. The predicted octanol–water partition coefficient (Wildman–Crippen LogP) is 2.11. The molecule has 1 unspecified atom stereocenters. The van der Waals surface area contributed by atoms with E-state index in [1.54, 1.807) is 6.08 Å². The second-order valence-electron chi connectivity index (χ2n) is 4.22. The van der Waals surface area contributed by atoms with Crippen molar-refractivity contribution in [3.8, 4) is 0 Å². The lowest BCUT2D eigenvalue weighted by Gasteiger charge is -2.14. The van der Waals surface area contributed by atoms with Gasteiger partial charge >= 0.3 is 0 Å². The summed E-state index contributed by atoms with van der Waals surface area (Å²) in [7, 11) is 2.12. The van der Waals surface area contributed by atoms with Gasteiger partial charge in [-0.2, -0.15) is 0 Å². The van der Waals surface area contributed by atoms with Crippen molar-refractivity contribution in [2.75, 3.05) is 26.7 Å². The van der Waals surface area contributed by atoms with Crippen LogP contribution in [0.15, 0.2) is 36.0 Å². The van der Waals surface area contributed by atoms with Crippen molar-refractivity contribution < 1.29 is 9.84 Å². The molecule has 1 aliphatic rings. The Kier molecular flexibility index (Phi) is 6.86. The summed E-state index contributed by atoms with van der Waals surface area (Å²) in [5.74, 6) is 0. The summed E-state index contributed by atoms with van der Waals surface area (Å²) in [6.45, 7) is 4.84. The van der Waals surface area contributed by atoms with E-state index in [0.717, 1.165) is 25.9 Å². The van der Waals surface area contributed by atoms with E-state index in [0.29, 0.717) is 6.61 Å². The third-order valence-electron chi connectivity index (χ3n) is 2.81. The largest absolute Gasteiger partial charge is 0.365 e. The van der Waals surface area contributed by atoms with E-state index in [-0.39, 0.29) is 0 Å². The minimum absolute atomic E-state index is 0.560. The number of aliphatic hydroxyl groups is 1. The Morgan fingerprint density at radius 1 is 1.53 bits per heavy atom. The maximum absolute atomic E-state index is 9.40. The van der Waals surface area contributed by atoms with Gasteiger partial charge in [0, 0.05) is 6.54 Å². The number of ether oxygens (including phenoxy) is 1. The van der Waals surface area contributed by atoms with Gasteiger partial charge in [0.05, 0.1) is 6.61 Å². The van der Waals surface area contributed by atoms with Gasteiger partial charge in [-0.15, -0.1) is 0 Å². The van der Waals surface area contributed by atoms with Crippen molar-refractivity contribution in [3.63, 3.8) is 0 Å². The third kappa shape index (κ3) is 6.41. The van der Waals surface area contributed by atoms with Gasteiger partial charge in [0.15, 0.2) is 6.29 Å². The molecule has 1 heterocycles. The molecular formula is C14H23NO2. The lowest BCUT2D eigenvalue weighted by Crippen LogP contribution is -2.19. The summed E-state index contributed by atoms with van der Waals surface area (Å²) in [4.78, 5) is 2.29. The Labute approximate surface area is 104 Å². The molecule has 0 saturated carbocycles. The molecule has 0 aromatic rings. The molecule has 0 aliphatic carbocycles. The number of rotatable bonds is 4. The van der Waals surface area contributed by atoms with Crippen molar-refractivity contribution in [1.82, 2.24) is 4.90 Å². The zero-order valence-electron chi connectivity index (χ0n) is 10.8. The Morgan fingerprint density at radius 2 is 2.35 bits per heavy atom. The van der Waals surface area contributed by atoms with Gasteiger partial charge in [-0.05, 0) is 38.1 Å². The molecular weight excluding hydrogens is 214 g/mol. The summed E-state index contributed by atoms with van der Waals surface area (Å²) in [6.07, 6.45) is 10.9. The van der Waals surface area contributed by atoms with E-state index in [2.05, 4.69) is 31.0 Å². The highest BCUT2D eigenvalue weighted by Gasteiger charge is 2.00. The highest BCUT2D eigenvalue weighted by molar-refractivity contribution is 5.24. The SMILES string of the molecule is CCN(C)CCC1=C/C=C/C(O)OCC\C=C\1. The van der Waals surface area contributed by atoms with E-state index >= 15 is 0 Å². The molecule has 0 spiro atoms. The van der Waals surface area contributed by atoms with Crippen LogP contribution in [0.5, 0.6) is 0 Å². The molecule has 0 fully saturated rings. The summed E-state index contributed by atoms with van der Waals surface area (Å²) in [5.41, 5.74) is 1.29. The molecule has 0 radical (unpaired) electrons. The first-order chi connectivity index (χ1) is 8.22. The van der Waals surface area contributed by atoms with Crippen molar-refractivity contribution in [2.24, 2.45) is 0 Å². The minimum Gasteiger partial charge on any atom is -0.365 e. The van der Waals surface area contributed by atoms with Crippen LogP contribution in [0.3, 0.4) is 0 Å². The third-order valence-corrected chi connectivity index (χ3v) is 2.81. The van der Waals surface area contributed by atoms with E-state index in [1.165, 1.54) is 5.57 Å². The highest BCUT2D eigenvalue weighted by Crippen LogP contribution is 2.08. The highest BCUT2D eigenvalue weighted by atomic mass is 16.6. The molecule has 3 nitrogen and oxygen atoms in total. The van der Waals surface area contributed by atoms with Crippen LogP contribution in [0.4, 0.5) is 0 Å². The van der Waals surface area contributed by atoms with Crippen LogP contribution in [0.1, 0.15) is 19.8 Å². The normalized spacial score (nSPS) is 28.5. The summed E-state index contributed by atoms with van der Waals surface area (Å²) in [6, 6.07) is 0. The average Bonchev–Trinajstić information content (AvgIpc) is 2.34. The fourth-order valence-corrected chi connectivity index (χ4v) is 1.52. The van der Waals surface area contributed by atoms with Crippen LogP contribution >= 0.6 is 0 Å². The summed E-state index contributed by atoms with van der Waals surface area (Å²) >= 11 is 0. The molecule has 17 heavy (non-hydrogen) atoms. The monoisotopic (exact) mass is 237 g/mol. The van der Waals surface area contributed by atoms with Gasteiger partial charge in [0.2, 0.25) is 0 Å². The molecule has 1 atom stereocenters. The van der Waals surface area contributed by atoms with E-state index in [4.69, 9.17) is 4.74 Å². The van der Waals surface area contributed by atoms with E-state index < -0.39 is 6.29 Å². The fraction of sp³-hybridized carbons (Fsp3) is 0.571. The van der Waals surface area contributed by atoms with Crippen molar-refractivity contribution >= 4 is 0 Å². The van der Waals surface area contributed by atoms with E-state index in [1.807, 2.05) is 12.2 Å². The second-order valence-corrected chi connectivity index (χ2v) is 4.22. The smallest absolute Gasteiger partial charge is 0.174 e. The van der Waals surface area contributed by atoms with Crippen LogP contribution < -0.4 is 0 Å². The molecule has 0 aromatic carbocycles. The van der Waals surface area contributed by atoms with Crippen LogP contribution in [-0.2, 0) is 4.74 Å². The Hall–Kier alpha value is -0.900. The van der Waals surface area contributed by atoms with Gasteiger partial charge in [-0.1, -0.05) is 31.2 Å². The second kappa shape index (κ2) is 8.23. The Morgan fingerprint density at radius 3 is 3.12 bits per heavy atom. The zero-order valence-corrected chi connectivity index (χ0v) is 10.8. The lowest BCUT2D eigenvalue weighted by atomic mass is 10.1. The lowest BCUT2D eigenvalue weighted by molar-refractivity contribution is -0.0622. The number of allylic oxidation sites excluding steroid dienone is 3. The first-order valence-electron chi connectivity index (χ1n) is 6.24. The zero-order chi connectivity index (χ0) is 12.5. The van der Waals surface area contributed by atoms with E-state index in [9.17, 15) is 5.11 Å².